The molecule has 0 spiro atoms. The number of aromatic nitrogens is 3. The number of nitrogens with zero attached hydrogens (tertiary/aromatic N) is 4. The van der Waals surface area contributed by atoms with E-state index in [0.29, 0.717) is 12.1 Å². The van der Waals surface area contributed by atoms with Crippen molar-refractivity contribution in [3.8, 4) is 0 Å². The van der Waals surface area contributed by atoms with Gasteiger partial charge < -0.3 is 9.47 Å². The molecule has 3 heterocycles. The molecule has 1 atom stereocenters. The number of carbonyl (C=O) groups is 1. The second-order valence-electron chi connectivity index (χ2n) is 7.26. The zero-order chi connectivity index (χ0) is 19.3. The maximum absolute atomic E-state index is 13.4. The van der Waals surface area contributed by atoms with Crippen LogP contribution in [0.4, 0.5) is 4.39 Å². The van der Waals surface area contributed by atoms with E-state index < -0.39 is 0 Å². The van der Waals surface area contributed by atoms with E-state index in [9.17, 15) is 9.18 Å². The Morgan fingerprint density at radius 2 is 2.07 bits per heavy atom. The van der Waals surface area contributed by atoms with Crippen LogP contribution in [0.5, 0.6) is 0 Å². The van der Waals surface area contributed by atoms with Crippen LogP contribution in [-0.2, 0) is 17.8 Å². The monoisotopic (exact) mass is 378 g/mol. The van der Waals surface area contributed by atoms with Gasteiger partial charge in [-0.25, -0.2) is 9.37 Å². The zero-order valence-electron chi connectivity index (χ0n) is 15.7. The third kappa shape index (κ3) is 4.27. The molecule has 1 aliphatic heterocycles. The van der Waals surface area contributed by atoms with Crippen molar-refractivity contribution in [2.24, 2.45) is 0 Å². The molecule has 0 bridgehead atoms. The standard InChI is InChI=1S/C22H23FN4O/c23-20-7-1-4-17(12-20)13-21(28)26-10-3-6-19(16-26)22-25-9-11-27(22)15-18-5-2-8-24-14-18/h1-2,4-5,7-9,11-12,14,19H,3,6,10,13,15-16H2/t19-/m1/s1. The first-order valence-corrected chi connectivity index (χ1v) is 9.61. The average molecular weight is 378 g/mol. The lowest BCUT2D eigenvalue weighted by Crippen LogP contribution is -2.40. The highest BCUT2D eigenvalue weighted by Crippen LogP contribution is 2.26. The van der Waals surface area contributed by atoms with Gasteiger partial charge in [0.1, 0.15) is 11.6 Å². The zero-order valence-corrected chi connectivity index (χ0v) is 15.7. The van der Waals surface area contributed by atoms with Gasteiger partial charge in [-0.2, -0.15) is 0 Å². The Hall–Kier alpha value is -3.02. The molecular formula is C22H23FN4O. The van der Waals surface area contributed by atoms with Crippen LogP contribution < -0.4 is 0 Å². The van der Waals surface area contributed by atoms with E-state index >= 15 is 0 Å². The highest BCUT2D eigenvalue weighted by molar-refractivity contribution is 5.79. The number of piperidine rings is 1. The molecular weight excluding hydrogens is 355 g/mol. The third-order valence-corrected chi connectivity index (χ3v) is 5.21. The predicted molar refractivity (Wildman–Crippen MR) is 104 cm³/mol. The number of hydrogen-bond donors (Lipinski definition) is 0. The van der Waals surface area contributed by atoms with Gasteiger partial charge in [0.25, 0.3) is 0 Å². The van der Waals surface area contributed by atoms with Gasteiger partial charge >= 0.3 is 0 Å². The Morgan fingerprint density at radius 3 is 2.89 bits per heavy atom. The summed E-state index contributed by atoms with van der Waals surface area (Å²) in [6.45, 7) is 2.11. The van der Waals surface area contributed by atoms with Crippen LogP contribution in [0.15, 0.2) is 61.2 Å². The molecule has 5 nitrogen and oxygen atoms in total. The molecule has 1 fully saturated rings. The smallest absolute Gasteiger partial charge is 0.227 e. The Labute approximate surface area is 163 Å². The van der Waals surface area contributed by atoms with E-state index in [4.69, 9.17) is 0 Å². The lowest BCUT2D eigenvalue weighted by atomic mass is 9.96. The van der Waals surface area contributed by atoms with Crippen LogP contribution in [0.1, 0.15) is 35.7 Å². The van der Waals surface area contributed by atoms with Crippen LogP contribution in [0, 0.1) is 5.82 Å². The summed E-state index contributed by atoms with van der Waals surface area (Å²) in [6, 6.07) is 10.2. The van der Waals surface area contributed by atoms with Crippen LogP contribution in [0.25, 0.3) is 0 Å². The fraction of sp³-hybridized carbons (Fsp3) is 0.318. The highest BCUT2D eigenvalue weighted by Gasteiger charge is 2.27. The Morgan fingerprint density at radius 1 is 1.18 bits per heavy atom. The van der Waals surface area contributed by atoms with Crippen LogP contribution >= 0.6 is 0 Å². The van der Waals surface area contributed by atoms with Gasteiger partial charge in [-0.05, 0) is 42.2 Å². The molecule has 144 valence electrons. The lowest BCUT2D eigenvalue weighted by molar-refractivity contribution is -0.131. The number of pyridine rings is 1. The molecule has 1 amide bonds. The fourth-order valence-electron chi connectivity index (χ4n) is 3.85. The molecule has 4 rings (SSSR count). The van der Waals surface area contributed by atoms with Crippen LogP contribution in [0.3, 0.4) is 0 Å². The van der Waals surface area contributed by atoms with Crippen molar-refractivity contribution >= 4 is 5.91 Å². The lowest BCUT2D eigenvalue weighted by Gasteiger charge is -2.33. The first kappa shape index (κ1) is 18.3. The number of hydrogen-bond acceptors (Lipinski definition) is 3. The molecule has 0 N–H and O–H groups in total. The van der Waals surface area contributed by atoms with Gasteiger partial charge in [0, 0.05) is 43.8 Å². The summed E-state index contributed by atoms with van der Waals surface area (Å²) in [5, 5.41) is 0. The van der Waals surface area contributed by atoms with Gasteiger partial charge in [0.2, 0.25) is 5.91 Å². The number of halogens is 1. The molecule has 6 heteroatoms. The first-order chi connectivity index (χ1) is 13.7. The summed E-state index contributed by atoms with van der Waals surface area (Å²) in [6.07, 6.45) is 9.61. The van der Waals surface area contributed by atoms with Crippen molar-refractivity contribution in [2.75, 3.05) is 13.1 Å². The predicted octanol–water partition coefficient (Wildman–Crippen LogP) is 3.41. The summed E-state index contributed by atoms with van der Waals surface area (Å²) in [7, 11) is 0. The van der Waals surface area contributed by atoms with Gasteiger partial charge in [-0.1, -0.05) is 18.2 Å². The third-order valence-electron chi connectivity index (χ3n) is 5.21. The van der Waals surface area contributed by atoms with Crippen molar-refractivity contribution in [1.82, 2.24) is 19.4 Å². The summed E-state index contributed by atoms with van der Waals surface area (Å²) in [5.41, 5.74) is 1.83. The molecule has 0 radical (unpaired) electrons. The highest BCUT2D eigenvalue weighted by atomic mass is 19.1. The fourth-order valence-corrected chi connectivity index (χ4v) is 3.85. The number of likely N-dealkylation sites (tertiary alicyclic amines) is 1. The first-order valence-electron chi connectivity index (χ1n) is 9.61. The molecule has 1 saturated heterocycles. The minimum Gasteiger partial charge on any atom is -0.342 e. The number of benzene rings is 1. The van der Waals surface area contributed by atoms with Crippen LogP contribution in [0.2, 0.25) is 0 Å². The topological polar surface area (TPSA) is 51.0 Å². The van der Waals surface area contributed by atoms with Crippen molar-refractivity contribution in [3.05, 3.63) is 84.0 Å². The summed E-state index contributed by atoms with van der Waals surface area (Å²) in [4.78, 5) is 23.4. The summed E-state index contributed by atoms with van der Waals surface area (Å²) >= 11 is 0. The molecule has 3 aromatic rings. The second kappa shape index (κ2) is 8.33. The van der Waals surface area contributed by atoms with E-state index in [0.717, 1.165) is 37.3 Å². The molecule has 1 aromatic carbocycles. The van der Waals surface area contributed by atoms with Gasteiger partial charge in [0.05, 0.1) is 13.0 Å². The SMILES string of the molecule is O=C(Cc1cccc(F)c1)N1CCC[C@@H](c2nccn2Cc2cccnc2)C1. The number of rotatable bonds is 5. The largest absolute Gasteiger partial charge is 0.342 e. The van der Waals surface area contributed by atoms with Gasteiger partial charge in [-0.15, -0.1) is 0 Å². The molecule has 0 aliphatic carbocycles. The summed E-state index contributed by atoms with van der Waals surface area (Å²) < 4.78 is 15.5. The number of amides is 1. The maximum atomic E-state index is 13.4. The van der Waals surface area contributed by atoms with E-state index in [1.165, 1.54) is 12.1 Å². The van der Waals surface area contributed by atoms with Crippen molar-refractivity contribution in [3.63, 3.8) is 0 Å². The van der Waals surface area contributed by atoms with Crippen LogP contribution in [-0.4, -0.2) is 38.4 Å². The molecule has 0 saturated carbocycles. The molecule has 2 aromatic heterocycles. The quantitative estimate of drug-likeness (QED) is 0.684. The Kier molecular flexibility index (Phi) is 5.46. The van der Waals surface area contributed by atoms with E-state index in [1.807, 2.05) is 35.6 Å². The molecule has 1 aliphatic rings. The van der Waals surface area contributed by atoms with E-state index in [2.05, 4.69) is 14.5 Å². The maximum Gasteiger partial charge on any atom is 0.227 e. The Balaban J connectivity index is 1.44. The minimum absolute atomic E-state index is 0.0423. The van der Waals surface area contributed by atoms with Crippen molar-refractivity contribution in [2.45, 2.75) is 31.7 Å². The van der Waals surface area contributed by atoms with E-state index in [1.54, 1.807) is 18.3 Å². The molecule has 0 unspecified atom stereocenters. The number of imidazole rings is 1. The Bertz CT molecular complexity index is 940. The van der Waals surface area contributed by atoms with E-state index in [-0.39, 0.29) is 24.1 Å². The number of carbonyl (C=O) groups excluding carboxylic acids is 1. The second-order valence-corrected chi connectivity index (χ2v) is 7.26. The molecule has 28 heavy (non-hydrogen) atoms. The minimum atomic E-state index is -0.306. The van der Waals surface area contributed by atoms with Gasteiger partial charge in [0.15, 0.2) is 0 Å². The average Bonchev–Trinajstić information content (AvgIpc) is 3.17. The normalized spacial score (nSPS) is 16.9. The van der Waals surface area contributed by atoms with Gasteiger partial charge in [-0.3, -0.25) is 9.78 Å². The van der Waals surface area contributed by atoms with Crippen molar-refractivity contribution < 1.29 is 9.18 Å². The van der Waals surface area contributed by atoms with Crippen molar-refractivity contribution in [1.29, 1.82) is 0 Å². The summed E-state index contributed by atoms with van der Waals surface area (Å²) in [5.74, 6) is 0.948.